The average Bonchev–Trinajstić information content (AvgIpc) is 3.11. The Labute approximate surface area is 162 Å². The summed E-state index contributed by atoms with van der Waals surface area (Å²) in [7, 11) is 4.27. The van der Waals surface area contributed by atoms with Gasteiger partial charge in [-0.15, -0.1) is 0 Å². The van der Waals surface area contributed by atoms with Crippen molar-refractivity contribution in [1.82, 2.24) is 15.5 Å². The summed E-state index contributed by atoms with van der Waals surface area (Å²) in [5.74, 6) is 1.73. The van der Waals surface area contributed by atoms with E-state index >= 15 is 0 Å². The molecule has 2 N–H and O–H groups in total. The Balaban J connectivity index is 1.72. The van der Waals surface area contributed by atoms with Crippen molar-refractivity contribution in [2.75, 3.05) is 40.4 Å². The standard InChI is InChI=1S/C21H32N4O2/c1-5-22-20(23-15-21(25(3)4)10-12-26-13-11-21)24-16(2)19-14-17-8-6-7-9-18(17)27-19/h6-9,14,16H,5,10-13,15H2,1-4H3,(H2,22,23,24). The molecule has 27 heavy (non-hydrogen) atoms. The number of para-hydroxylation sites is 1. The third-order valence-electron chi connectivity index (χ3n) is 5.47. The number of guanidine groups is 1. The van der Waals surface area contributed by atoms with Gasteiger partial charge in [0, 0.05) is 30.7 Å². The molecular weight excluding hydrogens is 340 g/mol. The summed E-state index contributed by atoms with van der Waals surface area (Å²) in [5, 5.41) is 7.97. The highest BCUT2D eigenvalue weighted by Crippen LogP contribution is 2.27. The van der Waals surface area contributed by atoms with Crippen LogP contribution in [0, 0.1) is 0 Å². The quantitative estimate of drug-likeness (QED) is 0.602. The molecule has 2 heterocycles. The molecule has 148 valence electrons. The molecule has 6 heteroatoms. The first-order valence-corrected chi connectivity index (χ1v) is 9.82. The summed E-state index contributed by atoms with van der Waals surface area (Å²) >= 11 is 0. The minimum atomic E-state index is 0.0280. The first-order valence-electron chi connectivity index (χ1n) is 9.82. The summed E-state index contributed by atoms with van der Waals surface area (Å²) in [6, 6.07) is 10.2. The molecule has 0 amide bonds. The van der Waals surface area contributed by atoms with E-state index in [1.54, 1.807) is 0 Å². The van der Waals surface area contributed by atoms with Gasteiger partial charge in [0.1, 0.15) is 11.3 Å². The minimum Gasteiger partial charge on any atom is -0.459 e. The Hall–Kier alpha value is -2.05. The molecule has 1 aromatic heterocycles. The van der Waals surface area contributed by atoms with Crippen LogP contribution in [0.4, 0.5) is 0 Å². The monoisotopic (exact) mass is 372 g/mol. The van der Waals surface area contributed by atoms with Crippen LogP contribution in [-0.4, -0.2) is 56.8 Å². The Bertz CT molecular complexity index is 729. The van der Waals surface area contributed by atoms with Crippen LogP contribution in [0.1, 0.15) is 38.5 Å². The zero-order valence-electron chi connectivity index (χ0n) is 16.9. The third-order valence-corrected chi connectivity index (χ3v) is 5.47. The van der Waals surface area contributed by atoms with Crippen molar-refractivity contribution in [3.8, 4) is 0 Å². The maximum Gasteiger partial charge on any atom is 0.191 e. The highest BCUT2D eigenvalue weighted by molar-refractivity contribution is 5.81. The van der Waals surface area contributed by atoms with E-state index in [-0.39, 0.29) is 11.6 Å². The van der Waals surface area contributed by atoms with Crippen molar-refractivity contribution in [1.29, 1.82) is 0 Å². The summed E-state index contributed by atoms with van der Waals surface area (Å²) < 4.78 is 11.6. The highest BCUT2D eigenvalue weighted by Gasteiger charge is 2.34. The largest absolute Gasteiger partial charge is 0.459 e. The van der Waals surface area contributed by atoms with E-state index in [9.17, 15) is 0 Å². The zero-order valence-corrected chi connectivity index (χ0v) is 16.9. The van der Waals surface area contributed by atoms with Crippen LogP contribution >= 0.6 is 0 Å². The maximum absolute atomic E-state index is 5.99. The van der Waals surface area contributed by atoms with E-state index < -0.39 is 0 Å². The van der Waals surface area contributed by atoms with Crippen LogP contribution in [0.25, 0.3) is 11.0 Å². The van der Waals surface area contributed by atoms with Crippen LogP contribution < -0.4 is 10.6 Å². The summed E-state index contributed by atoms with van der Waals surface area (Å²) in [5.41, 5.74) is 0.972. The molecule has 0 bridgehead atoms. The van der Waals surface area contributed by atoms with Gasteiger partial charge in [-0.3, -0.25) is 4.99 Å². The van der Waals surface area contributed by atoms with Gasteiger partial charge in [-0.2, -0.15) is 0 Å². The number of furan rings is 1. The second-order valence-corrected chi connectivity index (χ2v) is 7.48. The summed E-state index contributed by atoms with van der Waals surface area (Å²) in [6.45, 7) is 7.34. The van der Waals surface area contributed by atoms with Gasteiger partial charge >= 0.3 is 0 Å². The average molecular weight is 373 g/mol. The zero-order chi connectivity index (χ0) is 19.3. The molecule has 1 aliphatic rings. The predicted molar refractivity (Wildman–Crippen MR) is 110 cm³/mol. The first-order chi connectivity index (χ1) is 13.0. The third kappa shape index (κ3) is 4.62. The van der Waals surface area contributed by atoms with Crippen molar-refractivity contribution >= 4 is 16.9 Å². The van der Waals surface area contributed by atoms with E-state index in [0.29, 0.717) is 0 Å². The molecular formula is C21H32N4O2. The molecule has 1 aliphatic heterocycles. The van der Waals surface area contributed by atoms with Crippen LogP contribution in [0.3, 0.4) is 0 Å². The second kappa shape index (κ2) is 8.76. The molecule has 0 spiro atoms. The lowest BCUT2D eigenvalue weighted by molar-refractivity contribution is -0.00255. The molecule has 0 aliphatic carbocycles. The molecule has 3 rings (SSSR count). The molecule has 1 unspecified atom stereocenters. The van der Waals surface area contributed by atoms with E-state index in [1.807, 2.05) is 18.2 Å². The number of nitrogens with zero attached hydrogens (tertiary/aromatic N) is 2. The summed E-state index contributed by atoms with van der Waals surface area (Å²) in [6.07, 6.45) is 2.00. The number of rotatable bonds is 6. The van der Waals surface area contributed by atoms with E-state index in [0.717, 1.165) is 61.8 Å². The Morgan fingerprint density at radius 2 is 2.00 bits per heavy atom. The number of hydrogen-bond acceptors (Lipinski definition) is 4. The topological polar surface area (TPSA) is 62.0 Å². The van der Waals surface area contributed by atoms with Gasteiger partial charge in [0.05, 0.1) is 12.6 Å². The normalized spacial score (nSPS) is 18.6. The highest BCUT2D eigenvalue weighted by atomic mass is 16.5. The minimum absolute atomic E-state index is 0.0280. The van der Waals surface area contributed by atoms with Gasteiger partial charge in [0.2, 0.25) is 0 Å². The molecule has 1 atom stereocenters. The van der Waals surface area contributed by atoms with E-state index in [1.165, 1.54) is 0 Å². The molecule has 0 radical (unpaired) electrons. The van der Waals surface area contributed by atoms with Crippen LogP contribution in [0.2, 0.25) is 0 Å². The SMILES string of the molecule is CCNC(=NCC1(N(C)C)CCOCC1)NC(C)c1cc2ccccc2o1. The van der Waals surface area contributed by atoms with E-state index in [4.69, 9.17) is 14.1 Å². The van der Waals surface area contributed by atoms with Crippen molar-refractivity contribution in [3.05, 3.63) is 36.1 Å². The van der Waals surface area contributed by atoms with Gasteiger partial charge < -0.3 is 24.7 Å². The van der Waals surface area contributed by atoms with E-state index in [2.05, 4.69) is 55.6 Å². The van der Waals surface area contributed by atoms with Crippen molar-refractivity contribution in [2.24, 2.45) is 4.99 Å². The van der Waals surface area contributed by atoms with Gasteiger partial charge in [-0.1, -0.05) is 18.2 Å². The second-order valence-electron chi connectivity index (χ2n) is 7.48. The maximum atomic E-state index is 5.99. The lowest BCUT2D eigenvalue weighted by Gasteiger charge is -2.41. The van der Waals surface area contributed by atoms with Crippen LogP contribution in [-0.2, 0) is 4.74 Å². The van der Waals surface area contributed by atoms with Gasteiger partial charge in [0.25, 0.3) is 0 Å². The molecule has 0 saturated carbocycles. The van der Waals surface area contributed by atoms with Gasteiger partial charge in [-0.25, -0.2) is 0 Å². The van der Waals surface area contributed by atoms with Gasteiger partial charge in [-0.05, 0) is 52.9 Å². The van der Waals surface area contributed by atoms with Crippen molar-refractivity contribution < 1.29 is 9.15 Å². The fourth-order valence-corrected chi connectivity index (χ4v) is 3.54. The number of aliphatic imine (C=N–C) groups is 1. The Morgan fingerprint density at radius 3 is 2.67 bits per heavy atom. The number of likely N-dealkylation sites (N-methyl/N-ethyl adjacent to an activating group) is 1. The Morgan fingerprint density at radius 1 is 1.26 bits per heavy atom. The molecule has 1 fully saturated rings. The van der Waals surface area contributed by atoms with Crippen molar-refractivity contribution in [2.45, 2.75) is 38.3 Å². The lowest BCUT2D eigenvalue weighted by Crippen LogP contribution is -2.51. The summed E-state index contributed by atoms with van der Waals surface area (Å²) in [4.78, 5) is 7.20. The lowest BCUT2D eigenvalue weighted by atomic mass is 9.89. The van der Waals surface area contributed by atoms with Gasteiger partial charge in [0.15, 0.2) is 5.96 Å². The number of ether oxygens (including phenoxy) is 1. The first kappa shape index (κ1) is 19.7. The number of nitrogens with one attached hydrogen (secondary N) is 2. The van der Waals surface area contributed by atoms with Crippen LogP contribution in [0.5, 0.6) is 0 Å². The van der Waals surface area contributed by atoms with Crippen LogP contribution in [0.15, 0.2) is 39.7 Å². The molecule has 2 aromatic rings. The fraction of sp³-hybridized carbons (Fsp3) is 0.571. The number of benzene rings is 1. The molecule has 6 nitrogen and oxygen atoms in total. The predicted octanol–water partition coefficient (Wildman–Crippen LogP) is 3.16. The molecule has 1 saturated heterocycles. The number of fused-ring (bicyclic) bond motifs is 1. The van der Waals surface area contributed by atoms with Crippen molar-refractivity contribution in [3.63, 3.8) is 0 Å². The smallest absolute Gasteiger partial charge is 0.191 e. The number of hydrogen-bond donors (Lipinski definition) is 2. The Kier molecular flexibility index (Phi) is 6.39. The molecule has 1 aromatic carbocycles. The fourth-order valence-electron chi connectivity index (χ4n) is 3.54.